The topological polar surface area (TPSA) is 80.4 Å². The summed E-state index contributed by atoms with van der Waals surface area (Å²) >= 11 is 1.14. The Bertz CT molecular complexity index is 581. The molecule has 0 saturated heterocycles. The standard InChI is InChI=1S/C14H15NO3S/c1-14(15,13(17)18)11-8-7-10(19-11)12(16)9-5-3-2-4-6-9/h3,5-8H,2,4,15H2,1H3,(H,17,18)/t14-/m0/s1. The fraction of sp³-hybridized carbons (Fsp3) is 0.286. The minimum absolute atomic E-state index is 0.0756. The summed E-state index contributed by atoms with van der Waals surface area (Å²) in [4.78, 5) is 24.3. The van der Waals surface area contributed by atoms with Crippen LogP contribution in [0.3, 0.4) is 0 Å². The summed E-state index contributed by atoms with van der Waals surface area (Å²) in [7, 11) is 0. The highest BCUT2D eigenvalue weighted by Crippen LogP contribution is 2.29. The predicted octanol–water partition coefficient (Wildman–Crippen LogP) is 2.47. The highest BCUT2D eigenvalue weighted by atomic mass is 32.1. The van der Waals surface area contributed by atoms with E-state index in [-0.39, 0.29) is 5.78 Å². The Balaban J connectivity index is 2.27. The molecule has 1 atom stereocenters. The Morgan fingerprint density at radius 2 is 2.11 bits per heavy atom. The van der Waals surface area contributed by atoms with Gasteiger partial charge < -0.3 is 10.8 Å². The summed E-state index contributed by atoms with van der Waals surface area (Å²) in [5, 5.41) is 9.07. The first-order valence-electron chi connectivity index (χ1n) is 5.97. The molecule has 1 aromatic heterocycles. The highest BCUT2D eigenvalue weighted by molar-refractivity contribution is 7.14. The predicted molar refractivity (Wildman–Crippen MR) is 74.3 cm³/mol. The van der Waals surface area contributed by atoms with Gasteiger partial charge in [-0.25, -0.2) is 4.79 Å². The molecular weight excluding hydrogens is 262 g/mol. The van der Waals surface area contributed by atoms with Gasteiger partial charge in [-0.2, -0.15) is 0 Å². The summed E-state index contributed by atoms with van der Waals surface area (Å²) < 4.78 is 0. The molecule has 1 aliphatic carbocycles. The van der Waals surface area contributed by atoms with Crippen molar-refractivity contribution in [3.63, 3.8) is 0 Å². The second-order valence-electron chi connectivity index (χ2n) is 4.64. The molecule has 0 aromatic carbocycles. The lowest BCUT2D eigenvalue weighted by Crippen LogP contribution is -2.40. The Morgan fingerprint density at radius 1 is 1.37 bits per heavy atom. The molecule has 0 unspecified atom stereocenters. The van der Waals surface area contributed by atoms with Crippen molar-refractivity contribution in [2.24, 2.45) is 5.73 Å². The molecule has 0 spiro atoms. The SMILES string of the molecule is C[C@@](N)(C(=O)O)c1ccc(C(=O)C2=CCCC=C2)s1. The number of hydrogen-bond acceptors (Lipinski definition) is 4. The van der Waals surface area contributed by atoms with Crippen LogP contribution in [0.2, 0.25) is 0 Å². The van der Waals surface area contributed by atoms with E-state index >= 15 is 0 Å². The van der Waals surface area contributed by atoms with Crippen molar-refractivity contribution in [3.8, 4) is 0 Å². The van der Waals surface area contributed by atoms with Crippen molar-refractivity contribution < 1.29 is 14.7 Å². The van der Waals surface area contributed by atoms with E-state index in [0.29, 0.717) is 15.3 Å². The summed E-state index contributed by atoms with van der Waals surface area (Å²) in [6, 6.07) is 3.25. The minimum Gasteiger partial charge on any atom is -0.480 e. The minimum atomic E-state index is -1.46. The molecule has 1 aliphatic rings. The van der Waals surface area contributed by atoms with Gasteiger partial charge in [-0.15, -0.1) is 11.3 Å². The van der Waals surface area contributed by atoms with Crippen LogP contribution in [-0.4, -0.2) is 16.9 Å². The number of carboxylic acids is 1. The average molecular weight is 277 g/mol. The number of ketones is 1. The Hall–Kier alpha value is -1.72. The number of carboxylic acid groups (broad SMARTS) is 1. The molecule has 0 bridgehead atoms. The molecule has 0 aliphatic heterocycles. The number of hydrogen-bond donors (Lipinski definition) is 2. The van der Waals surface area contributed by atoms with Crippen LogP contribution >= 0.6 is 11.3 Å². The summed E-state index contributed by atoms with van der Waals surface area (Å²) in [6.45, 7) is 1.43. The number of thiophene rings is 1. The molecular formula is C14H15NO3S. The molecule has 0 saturated carbocycles. The molecule has 0 fully saturated rings. The summed E-state index contributed by atoms with van der Waals surface area (Å²) in [6.07, 6.45) is 7.49. The fourth-order valence-corrected chi connectivity index (χ4v) is 2.79. The van der Waals surface area contributed by atoms with Crippen LogP contribution in [-0.2, 0) is 10.3 Å². The number of nitrogens with two attached hydrogens (primary N) is 1. The molecule has 1 heterocycles. The quantitative estimate of drug-likeness (QED) is 0.828. The van der Waals surface area contributed by atoms with Crippen LogP contribution < -0.4 is 5.73 Å². The van der Waals surface area contributed by atoms with Crippen LogP contribution in [0.5, 0.6) is 0 Å². The van der Waals surface area contributed by atoms with Crippen molar-refractivity contribution in [1.82, 2.24) is 0 Å². The smallest absolute Gasteiger partial charge is 0.328 e. The molecule has 3 N–H and O–H groups in total. The lowest BCUT2D eigenvalue weighted by Gasteiger charge is -2.16. The first-order chi connectivity index (χ1) is 8.93. The zero-order valence-corrected chi connectivity index (χ0v) is 11.4. The summed E-state index contributed by atoms with van der Waals surface area (Å²) in [5.74, 6) is -1.18. The van der Waals surface area contributed by atoms with Gasteiger partial charge in [0, 0.05) is 10.5 Å². The highest BCUT2D eigenvalue weighted by Gasteiger charge is 2.32. The monoisotopic (exact) mass is 277 g/mol. The molecule has 2 rings (SSSR count). The molecule has 4 nitrogen and oxygen atoms in total. The van der Waals surface area contributed by atoms with Crippen LogP contribution in [0.25, 0.3) is 0 Å². The maximum atomic E-state index is 12.2. The van der Waals surface area contributed by atoms with Gasteiger partial charge in [-0.1, -0.05) is 18.2 Å². The van der Waals surface area contributed by atoms with Gasteiger partial charge in [-0.05, 0) is 31.9 Å². The van der Waals surface area contributed by atoms with Gasteiger partial charge in [0.05, 0.1) is 4.88 Å². The maximum absolute atomic E-state index is 12.2. The zero-order valence-electron chi connectivity index (χ0n) is 10.6. The van der Waals surface area contributed by atoms with Crippen molar-refractivity contribution in [2.75, 3.05) is 0 Å². The third-order valence-corrected chi connectivity index (χ3v) is 4.36. The number of carbonyl (C=O) groups is 2. The van der Waals surface area contributed by atoms with E-state index in [9.17, 15) is 9.59 Å². The van der Waals surface area contributed by atoms with Gasteiger partial charge in [0.1, 0.15) is 5.54 Å². The van der Waals surface area contributed by atoms with Gasteiger partial charge in [0.15, 0.2) is 0 Å². The third-order valence-electron chi connectivity index (χ3n) is 3.04. The van der Waals surface area contributed by atoms with Gasteiger partial charge >= 0.3 is 5.97 Å². The van der Waals surface area contributed by atoms with Crippen LogP contribution in [0.1, 0.15) is 34.3 Å². The Kier molecular flexibility index (Phi) is 3.68. The number of Topliss-reactive ketones (excluding diaryl/α,β-unsaturated/α-hetero) is 1. The van der Waals surface area contributed by atoms with E-state index < -0.39 is 11.5 Å². The maximum Gasteiger partial charge on any atom is 0.328 e. The molecule has 1 aromatic rings. The van der Waals surface area contributed by atoms with Crippen molar-refractivity contribution in [1.29, 1.82) is 0 Å². The van der Waals surface area contributed by atoms with Crippen molar-refractivity contribution in [3.05, 3.63) is 45.7 Å². The van der Waals surface area contributed by atoms with E-state index in [0.717, 1.165) is 24.2 Å². The van der Waals surface area contributed by atoms with E-state index in [1.54, 1.807) is 12.1 Å². The van der Waals surface area contributed by atoms with Gasteiger partial charge in [0.2, 0.25) is 5.78 Å². The third kappa shape index (κ3) is 2.67. The number of allylic oxidation sites excluding steroid dienone is 4. The Labute approximate surface area is 115 Å². The molecule has 0 radical (unpaired) electrons. The van der Waals surface area contributed by atoms with Crippen molar-refractivity contribution in [2.45, 2.75) is 25.3 Å². The Morgan fingerprint density at radius 3 is 2.68 bits per heavy atom. The van der Waals surface area contributed by atoms with Gasteiger partial charge in [-0.3, -0.25) is 4.79 Å². The average Bonchev–Trinajstić information content (AvgIpc) is 2.89. The molecule has 100 valence electrons. The van der Waals surface area contributed by atoms with Crippen molar-refractivity contribution >= 4 is 23.1 Å². The van der Waals surface area contributed by atoms with Crippen LogP contribution in [0.15, 0.2) is 35.9 Å². The molecule has 0 amide bonds. The number of aliphatic carboxylic acids is 1. The van der Waals surface area contributed by atoms with Gasteiger partial charge in [0.25, 0.3) is 0 Å². The second kappa shape index (κ2) is 5.11. The fourth-order valence-electron chi connectivity index (χ4n) is 1.77. The normalized spacial score (nSPS) is 17.7. The van der Waals surface area contributed by atoms with E-state index in [1.165, 1.54) is 6.92 Å². The lowest BCUT2D eigenvalue weighted by atomic mass is 10.0. The zero-order chi connectivity index (χ0) is 14.0. The largest absolute Gasteiger partial charge is 0.480 e. The second-order valence-corrected chi connectivity index (χ2v) is 5.72. The first-order valence-corrected chi connectivity index (χ1v) is 6.78. The molecule has 5 heteroatoms. The number of carbonyl (C=O) groups excluding carboxylic acids is 1. The summed E-state index contributed by atoms with van der Waals surface area (Å²) in [5.41, 5.74) is 4.95. The van der Waals surface area contributed by atoms with E-state index in [1.807, 2.05) is 18.2 Å². The van der Waals surface area contributed by atoms with E-state index in [2.05, 4.69) is 0 Å². The lowest BCUT2D eigenvalue weighted by molar-refractivity contribution is -0.142. The molecule has 19 heavy (non-hydrogen) atoms. The number of rotatable bonds is 4. The van der Waals surface area contributed by atoms with Crippen LogP contribution in [0.4, 0.5) is 0 Å². The van der Waals surface area contributed by atoms with E-state index in [4.69, 9.17) is 10.8 Å². The first kappa shape index (κ1) is 13.7. The van der Waals surface area contributed by atoms with Crippen LogP contribution in [0, 0.1) is 0 Å².